The summed E-state index contributed by atoms with van der Waals surface area (Å²) in [6.07, 6.45) is 126. The average Bonchev–Trinajstić information content (AvgIpc) is 1.21. The van der Waals surface area contributed by atoms with E-state index in [9.17, 15) is 19.5 Å². The number of carboxylic acid groups (broad SMARTS) is 1. The highest BCUT2D eigenvalue weighted by Gasteiger charge is 2.22. The number of rotatable bonds is 67. The molecule has 0 amide bonds. The van der Waals surface area contributed by atoms with Crippen LogP contribution in [0.1, 0.15) is 232 Å². The number of unbranched alkanes of at least 4 members (excludes halogenated alkanes) is 8. The molecule has 0 aliphatic heterocycles. The van der Waals surface area contributed by atoms with Gasteiger partial charge in [-0.25, -0.2) is 0 Å². The predicted octanol–water partition coefficient (Wildman–Crippen LogP) is 23.8. The number of quaternary nitrogens is 1. The van der Waals surface area contributed by atoms with E-state index in [-0.39, 0.29) is 32.7 Å². The summed E-state index contributed by atoms with van der Waals surface area (Å²) in [5.74, 6) is -2.40. The van der Waals surface area contributed by atoms with E-state index < -0.39 is 30.3 Å². The van der Waals surface area contributed by atoms with E-state index >= 15 is 0 Å². The number of aliphatic carboxylic acids is 1. The zero-order valence-electron chi connectivity index (χ0n) is 63.6. The first-order valence-corrected chi connectivity index (χ1v) is 38.5. The van der Waals surface area contributed by atoms with E-state index in [1.54, 1.807) is 0 Å². The van der Waals surface area contributed by atoms with Crippen LogP contribution >= 0.6 is 0 Å². The summed E-state index contributed by atoms with van der Waals surface area (Å²) < 4.78 is 22.7. The molecule has 0 aromatic carbocycles. The Kier molecular flexibility index (Phi) is 72.5. The number of carboxylic acids is 1. The van der Waals surface area contributed by atoms with Crippen LogP contribution in [0.25, 0.3) is 0 Å². The van der Waals surface area contributed by atoms with Crippen molar-refractivity contribution in [2.75, 3.05) is 47.5 Å². The van der Waals surface area contributed by atoms with Crippen LogP contribution in [0.2, 0.25) is 0 Å². The topological polar surface area (TPSA) is 111 Å². The van der Waals surface area contributed by atoms with E-state index in [4.69, 9.17) is 18.9 Å². The summed E-state index contributed by atoms with van der Waals surface area (Å²) in [6, 6.07) is 0. The molecule has 101 heavy (non-hydrogen) atoms. The van der Waals surface area contributed by atoms with E-state index in [0.29, 0.717) is 23.9 Å². The first kappa shape index (κ1) is 93.6. The normalized spacial score (nSPS) is 14.2. The Balaban J connectivity index is 4.31. The van der Waals surface area contributed by atoms with Gasteiger partial charge in [0.05, 0.1) is 40.3 Å². The Bertz CT molecular complexity index is 2670. The fourth-order valence-corrected chi connectivity index (χ4v) is 9.19. The Morgan fingerprint density at radius 1 is 0.297 bits per heavy atom. The maximum Gasteiger partial charge on any atom is 0.306 e. The number of carbonyl (C=O) groups is 3. The molecule has 0 bridgehead atoms. The molecule has 0 rings (SSSR count). The Morgan fingerprint density at radius 2 is 0.535 bits per heavy atom. The molecule has 0 radical (unpaired) electrons. The van der Waals surface area contributed by atoms with Crippen molar-refractivity contribution < 1.29 is 42.9 Å². The van der Waals surface area contributed by atoms with Crippen LogP contribution in [0, 0.1) is 0 Å². The third-order valence-electron chi connectivity index (χ3n) is 15.0. The molecular formula is C92H137NO8. The SMILES string of the molecule is CC/C=C\C/C=C\C/C=C\C/C=C\C/C=C\C/C=C\C/C=C\C/C=C\C/C=C\C/C=C\C/C=C\C/C=C\CCCCC(=O)OC(COC(=O)CCCCCCCC/C=C\C/C=C\C/C=C\C/C=C\C/C=C\C/C=C\C/C=C\C/C=C\C/C=C\C/C=C\CC)COC(OCC[N+](C)(C)C)C(=O)[O-]. The minimum Gasteiger partial charge on any atom is -0.545 e. The number of carbonyl (C=O) groups excluding carboxylic acids is 3. The van der Waals surface area contributed by atoms with Crippen LogP contribution in [0.15, 0.2) is 267 Å². The zero-order chi connectivity index (χ0) is 73.2. The molecule has 0 saturated heterocycles. The van der Waals surface area contributed by atoms with Gasteiger partial charge in [0.1, 0.15) is 13.2 Å². The van der Waals surface area contributed by atoms with Gasteiger partial charge in [-0.2, -0.15) is 0 Å². The molecule has 0 fully saturated rings. The monoisotopic (exact) mass is 1380 g/mol. The molecule has 2 atom stereocenters. The van der Waals surface area contributed by atoms with Gasteiger partial charge in [0, 0.05) is 12.8 Å². The molecule has 0 aliphatic rings. The molecule has 2 unspecified atom stereocenters. The van der Waals surface area contributed by atoms with Crippen molar-refractivity contribution in [3.05, 3.63) is 267 Å². The van der Waals surface area contributed by atoms with Crippen molar-refractivity contribution in [3.63, 3.8) is 0 Å². The first-order valence-electron chi connectivity index (χ1n) is 38.5. The van der Waals surface area contributed by atoms with E-state index in [1.807, 2.05) is 21.1 Å². The van der Waals surface area contributed by atoms with Crippen LogP contribution in [0.5, 0.6) is 0 Å². The number of likely N-dealkylation sites (N-methyl/N-ethyl adjacent to an activating group) is 1. The van der Waals surface area contributed by atoms with Crippen molar-refractivity contribution >= 4 is 17.9 Å². The Hall–Kier alpha value is -7.43. The van der Waals surface area contributed by atoms with Crippen molar-refractivity contribution in [1.82, 2.24) is 0 Å². The standard InChI is InChI=1S/C92H137NO8/c1-6-8-10-12-14-16-18-20-22-24-26-28-30-32-34-36-38-40-42-44-45-47-49-51-53-55-57-59-61-63-65-67-69-71-73-75-77-79-81-83-90(95)101-88(87-100-92(91(96)97)98-85-84-93(3,4)5)86-99-89(94)82-80-78-76-74-72-70-68-66-64-62-60-58-56-54-52-50-48-46-43-41-39-37-35-33-31-29-27-25-23-21-19-17-15-13-11-9-7-2/h8-11,14-17,20-23,26-29,32-35,38-41,44-46,48-49,51-52,54-55,57-58,60-61,63-64,66-67,69,73,75,88,92H,6-7,12-13,18-19,24-25,30-31,36-37,42-43,47,50,53,56,59,62,65,68,70-72,74,76-87H2,1-5H3/b10-8-,11-9-,16-14-,17-15-,22-20-,23-21-,28-26-,29-27-,34-32-,35-33-,40-38-,41-39-,45-44-,48-46-,51-49-,54-52-,57-55-,60-58-,63-61-,66-64-,69-67-,75-73-. The second kappa shape index (κ2) is 78.3. The van der Waals surface area contributed by atoms with Gasteiger partial charge in [0.2, 0.25) is 0 Å². The predicted molar refractivity (Wildman–Crippen MR) is 434 cm³/mol. The molecule has 0 aliphatic carbocycles. The fraction of sp³-hybridized carbons (Fsp3) is 0.489. The number of esters is 2. The molecule has 0 aromatic heterocycles. The summed E-state index contributed by atoms with van der Waals surface area (Å²) in [7, 11) is 5.89. The minimum absolute atomic E-state index is 0.121. The van der Waals surface area contributed by atoms with Crippen molar-refractivity contribution in [3.8, 4) is 0 Å². The quantitative estimate of drug-likeness (QED) is 0.0195. The van der Waals surface area contributed by atoms with Crippen LogP contribution in [-0.2, 0) is 33.3 Å². The lowest BCUT2D eigenvalue weighted by molar-refractivity contribution is -0.870. The summed E-state index contributed by atoms with van der Waals surface area (Å²) in [4.78, 5) is 37.6. The molecule has 0 saturated carbocycles. The third-order valence-corrected chi connectivity index (χ3v) is 15.0. The van der Waals surface area contributed by atoms with Gasteiger partial charge < -0.3 is 33.3 Å². The van der Waals surface area contributed by atoms with Gasteiger partial charge in [-0.15, -0.1) is 0 Å². The van der Waals surface area contributed by atoms with Crippen LogP contribution in [0.3, 0.4) is 0 Å². The summed E-state index contributed by atoms with van der Waals surface area (Å²) >= 11 is 0. The van der Waals surface area contributed by atoms with E-state index in [2.05, 4.69) is 281 Å². The summed E-state index contributed by atoms with van der Waals surface area (Å²) in [5.41, 5.74) is 0. The first-order chi connectivity index (χ1) is 49.6. The number of hydrogen-bond donors (Lipinski definition) is 0. The van der Waals surface area contributed by atoms with Gasteiger partial charge in [-0.05, 0) is 180 Å². The fourth-order valence-electron chi connectivity index (χ4n) is 9.19. The maximum atomic E-state index is 12.9. The lowest BCUT2D eigenvalue weighted by Crippen LogP contribution is -2.44. The minimum atomic E-state index is -1.66. The number of allylic oxidation sites excluding steroid dienone is 44. The number of ether oxygens (including phenoxy) is 4. The molecule has 9 heteroatoms. The highest BCUT2D eigenvalue weighted by molar-refractivity contribution is 5.70. The van der Waals surface area contributed by atoms with Crippen molar-refractivity contribution in [2.24, 2.45) is 0 Å². The largest absolute Gasteiger partial charge is 0.545 e. The number of hydrogen-bond acceptors (Lipinski definition) is 8. The zero-order valence-corrected chi connectivity index (χ0v) is 63.6. The smallest absolute Gasteiger partial charge is 0.306 e. The van der Waals surface area contributed by atoms with Gasteiger partial charge in [-0.3, -0.25) is 9.59 Å². The van der Waals surface area contributed by atoms with E-state index in [0.717, 1.165) is 193 Å². The van der Waals surface area contributed by atoms with Gasteiger partial charge >= 0.3 is 11.9 Å². The van der Waals surface area contributed by atoms with Crippen molar-refractivity contribution in [1.29, 1.82) is 0 Å². The summed E-state index contributed by atoms with van der Waals surface area (Å²) in [5, 5.41) is 11.9. The Labute approximate surface area is 616 Å². The third kappa shape index (κ3) is 79.8. The lowest BCUT2D eigenvalue weighted by atomic mass is 10.1. The maximum absolute atomic E-state index is 12.9. The molecule has 9 nitrogen and oxygen atoms in total. The van der Waals surface area contributed by atoms with Gasteiger partial charge in [-0.1, -0.05) is 307 Å². The van der Waals surface area contributed by atoms with E-state index in [1.165, 1.54) is 0 Å². The second-order valence-electron chi connectivity index (χ2n) is 25.5. The second-order valence-corrected chi connectivity index (χ2v) is 25.5. The molecule has 0 heterocycles. The van der Waals surface area contributed by atoms with Gasteiger partial charge in [0.15, 0.2) is 12.4 Å². The number of nitrogens with zero attached hydrogens (tertiary/aromatic N) is 1. The Morgan fingerprint density at radius 3 is 0.812 bits per heavy atom. The highest BCUT2D eigenvalue weighted by atomic mass is 16.7. The molecule has 0 N–H and O–H groups in total. The van der Waals surface area contributed by atoms with Gasteiger partial charge in [0.25, 0.3) is 0 Å². The highest BCUT2D eigenvalue weighted by Crippen LogP contribution is 2.13. The van der Waals surface area contributed by atoms with Crippen LogP contribution in [-0.4, -0.2) is 82.3 Å². The molecule has 558 valence electrons. The molecule has 0 spiro atoms. The molecule has 0 aromatic rings. The average molecular weight is 1390 g/mol. The lowest BCUT2D eigenvalue weighted by Gasteiger charge is -2.26. The molecular weight excluding hydrogens is 1250 g/mol. The van der Waals surface area contributed by atoms with Crippen molar-refractivity contribution in [2.45, 2.75) is 245 Å². The summed E-state index contributed by atoms with van der Waals surface area (Å²) in [6.45, 7) is 4.41. The van der Waals surface area contributed by atoms with Crippen LogP contribution in [0.4, 0.5) is 0 Å². The van der Waals surface area contributed by atoms with Crippen LogP contribution < -0.4 is 5.11 Å².